The number of pyridine rings is 1. The highest BCUT2D eigenvalue weighted by atomic mass is 19.1. The van der Waals surface area contributed by atoms with Crippen LogP contribution in [0.5, 0.6) is 0 Å². The fourth-order valence-corrected chi connectivity index (χ4v) is 3.53. The standard InChI is InChI=1S/C22H23FN4O2/c1-14(2)21-25-22(29-26-21)17-7-10-24-19(13-17)27-11-8-16(9-12-27)20(28)15-3-5-18(23)6-4-15/h3-7,10,13-14,16H,8-9,11-12H2,1-2H3. The summed E-state index contributed by atoms with van der Waals surface area (Å²) in [5.41, 5.74) is 1.40. The third-order valence-electron chi connectivity index (χ3n) is 5.27. The number of nitrogens with zero attached hydrogens (tertiary/aromatic N) is 4. The lowest BCUT2D eigenvalue weighted by Gasteiger charge is -2.32. The number of halogens is 1. The summed E-state index contributed by atoms with van der Waals surface area (Å²) in [4.78, 5) is 23.8. The van der Waals surface area contributed by atoms with E-state index in [0.717, 1.165) is 37.3 Å². The zero-order chi connectivity index (χ0) is 20.4. The number of benzene rings is 1. The van der Waals surface area contributed by atoms with Crippen molar-refractivity contribution in [2.45, 2.75) is 32.6 Å². The zero-order valence-electron chi connectivity index (χ0n) is 16.5. The maximum absolute atomic E-state index is 13.1. The summed E-state index contributed by atoms with van der Waals surface area (Å²) in [6, 6.07) is 9.58. The molecule has 0 atom stereocenters. The van der Waals surface area contributed by atoms with Gasteiger partial charge in [0.25, 0.3) is 5.89 Å². The van der Waals surface area contributed by atoms with Crippen LogP contribution in [-0.2, 0) is 0 Å². The first-order chi connectivity index (χ1) is 14.0. The number of anilines is 1. The van der Waals surface area contributed by atoms with Crippen molar-refractivity contribution in [3.8, 4) is 11.5 Å². The number of rotatable bonds is 5. The number of ketones is 1. The lowest BCUT2D eigenvalue weighted by molar-refractivity contribution is 0.0900. The normalized spacial score (nSPS) is 15.1. The molecule has 0 saturated carbocycles. The zero-order valence-corrected chi connectivity index (χ0v) is 16.5. The first kappa shape index (κ1) is 19.2. The minimum absolute atomic E-state index is 0.0514. The number of hydrogen-bond donors (Lipinski definition) is 0. The van der Waals surface area contributed by atoms with E-state index >= 15 is 0 Å². The molecule has 3 aromatic rings. The van der Waals surface area contributed by atoms with Gasteiger partial charge in [0.15, 0.2) is 11.6 Å². The minimum atomic E-state index is -0.330. The summed E-state index contributed by atoms with van der Waals surface area (Å²) in [5, 5.41) is 4.02. The number of piperidine rings is 1. The molecule has 0 amide bonds. The topological polar surface area (TPSA) is 72.1 Å². The third-order valence-corrected chi connectivity index (χ3v) is 5.27. The van der Waals surface area contributed by atoms with E-state index in [9.17, 15) is 9.18 Å². The van der Waals surface area contributed by atoms with Gasteiger partial charge in [0.1, 0.15) is 11.6 Å². The highest BCUT2D eigenvalue weighted by Gasteiger charge is 2.26. The van der Waals surface area contributed by atoms with Crippen LogP contribution in [0.2, 0.25) is 0 Å². The van der Waals surface area contributed by atoms with Crippen LogP contribution in [0.25, 0.3) is 11.5 Å². The highest BCUT2D eigenvalue weighted by Crippen LogP contribution is 2.28. The largest absolute Gasteiger partial charge is 0.357 e. The molecule has 0 aliphatic carbocycles. The smallest absolute Gasteiger partial charge is 0.258 e. The Hall–Kier alpha value is -3.09. The van der Waals surface area contributed by atoms with E-state index < -0.39 is 0 Å². The van der Waals surface area contributed by atoms with Gasteiger partial charge >= 0.3 is 0 Å². The van der Waals surface area contributed by atoms with E-state index in [0.29, 0.717) is 17.3 Å². The molecule has 7 heteroatoms. The molecule has 3 heterocycles. The molecule has 6 nitrogen and oxygen atoms in total. The third kappa shape index (κ3) is 4.18. The average molecular weight is 394 g/mol. The molecule has 1 fully saturated rings. The summed E-state index contributed by atoms with van der Waals surface area (Å²) in [5.74, 6) is 1.90. The fourth-order valence-electron chi connectivity index (χ4n) is 3.53. The van der Waals surface area contributed by atoms with E-state index in [4.69, 9.17) is 4.52 Å². The second-order valence-corrected chi connectivity index (χ2v) is 7.65. The summed E-state index contributed by atoms with van der Waals surface area (Å²) < 4.78 is 18.5. The molecule has 29 heavy (non-hydrogen) atoms. The number of carbonyl (C=O) groups is 1. The molecule has 2 aromatic heterocycles. The van der Waals surface area contributed by atoms with Crippen molar-refractivity contribution >= 4 is 11.6 Å². The molecular formula is C22H23FN4O2. The predicted molar refractivity (Wildman–Crippen MR) is 107 cm³/mol. The highest BCUT2D eigenvalue weighted by molar-refractivity contribution is 5.98. The predicted octanol–water partition coefficient (Wildman–Crippen LogP) is 4.49. The van der Waals surface area contributed by atoms with Crippen molar-refractivity contribution in [3.05, 3.63) is 59.8 Å². The summed E-state index contributed by atoms with van der Waals surface area (Å²) >= 11 is 0. The van der Waals surface area contributed by atoms with Crippen molar-refractivity contribution in [1.82, 2.24) is 15.1 Å². The maximum atomic E-state index is 13.1. The van der Waals surface area contributed by atoms with Crippen molar-refractivity contribution in [2.75, 3.05) is 18.0 Å². The van der Waals surface area contributed by atoms with Gasteiger partial charge in [-0.3, -0.25) is 4.79 Å². The van der Waals surface area contributed by atoms with Crippen molar-refractivity contribution in [3.63, 3.8) is 0 Å². The first-order valence-electron chi connectivity index (χ1n) is 9.86. The van der Waals surface area contributed by atoms with Gasteiger partial charge in [-0.05, 0) is 49.2 Å². The van der Waals surface area contributed by atoms with Crippen LogP contribution in [0.1, 0.15) is 48.8 Å². The molecule has 0 N–H and O–H groups in total. The van der Waals surface area contributed by atoms with E-state index in [-0.39, 0.29) is 23.4 Å². The van der Waals surface area contributed by atoms with Crippen molar-refractivity contribution in [2.24, 2.45) is 5.92 Å². The van der Waals surface area contributed by atoms with E-state index in [1.807, 2.05) is 26.0 Å². The molecule has 0 spiro atoms. The lowest BCUT2D eigenvalue weighted by atomic mass is 9.89. The van der Waals surface area contributed by atoms with Gasteiger partial charge < -0.3 is 9.42 Å². The average Bonchev–Trinajstić information content (AvgIpc) is 3.25. The molecule has 150 valence electrons. The second kappa shape index (κ2) is 8.11. The molecular weight excluding hydrogens is 371 g/mol. The van der Waals surface area contributed by atoms with Crippen LogP contribution in [0.4, 0.5) is 10.2 Å². The van der Waals surface area contributed by atoms with Crippen molar-refractivity contribution in [1.29, 1.82) is 0 Å². The number of carbonyl (C=O) groups excluding carboxylic acids is 1. The number of hydrogen-bond acceptors (Lipinski definition) is 6. The Labute approximate surface area is 168 Å². The molecule has 1 aromatic carbocycles. The lowest BCUT2D eigenvalue weighted by Crippen LogP contribution is -2.36. The Morgan fingerprint density at radius 2 is 1.90 bits per heavy atom. The van der Waals surface area contributed by atoms with Gasteiger partial charge in [-0.1, -0.05) is 19.0 Å². The Morgan fingerprint density at radius 1 is 1.17 bits per heavy atom. The van der Waals surface area contributed by atoms with Crippen LogP contribution in [0.15, 0.2) is 47.1 Å². The Kier molecular flexibility index (Phi) is 5.38. The van der Waals surface area contributed by atoms with Gasteiger partial charge in [-0.2, -0.15) is 4.98 Å². The van der Waals surface area contributed by atoms with E-state index in [2.05, 4.69) is 20.0 Å². The molecule has 0 unspecified atom stereocenters. The summed E-state index contributed by atoms with van der Waals surface area (Å²) in [6.07, 6.45) is 3.21. The number of Topliss-reactive ketones (excluding diaryl/α,β-unsaturated/α-hetero) is 1. The van der Waals surface area contributed by atoms with Gasteiger partial charge in [-0.15, -0.1) is 0 Å². The number of aromatic nitrogens is 3. The van der Waals surface area contributed by atoms with Crippen LogP contribution in [0.3, 0.4) is 0 Å². The monoisotopic (exact) mass is 394 g/mol. The van der Waals surface area contributed by atoms with Gasteiger partial charge in [0, 0.05) is 42.2 Å². The summed E-state index contributed by atoms with van der Waals surface area (Å²) in [6.45, 7) is 5.50. The van der Waals surface area contributed by atoms with Crippen LogP contribution in [-0.4, -0.2) is 34.0 Å². The van der Waals surface area contributed by atoms with Crippen LogP contribution in [0, 0.1) is 11.7 Å². The summed E-state index contributed by atoms with van der Waals surface area (Å²) in [7, 11) is 0. The van der Waals surface area contributed by atoms with Gasteiger partial charge in [0.2, 0.25) is 0 Å². The Bertz CT molecular complexity index is 992. The molecule has 4 rings (SSSR count). The van der Waals surface area contributed by atoms with E-state index in [1.54, 1.807) is 18.3 Å². The Morgan fingerprint density at radius 3 is 2.55 bits per heavy atom. The van der Waals surface area contributed by atoms with Crippen LogP contribution >= 0.6 is 0 Å². The van der Waals surface area contributed by atoms with Crippen LogP contribution < -0.4 is 4.90 Å². The molecule has 0 bridgehead atoms. The first-order valence-corrected chi connectivity index (χ1v) is 9.86. The van der Waals surface area contributed by atoms with Gasteiger partial charge in [0.05, 0.1) is 0 Å². The van der Waals surface area contributed by atoms with Gasteiger partial charge in [-0.25, -0.2) is 9.37 Å². The maximum Gasteiger partial charge on any atom is 0.258 e. The van der Waals surface area contributed by atoms with E-state index in [1.165, 1.54) is 12.1 Å². The molecule has 1 saturated heterocycles. The SMILES string of the molecule is CC(C)c1noc(-c2ccnc(N3CCC(C(=O)c4ccc(F)cc4)CC3)c2)n1. The Balaban J connectivity index is 1.43. The fraction of sp³-hybridized carbons (Fsp3) is 0.364. The second-order valence-electron chi connectivity index (χ2n) is 7.65. The van der Waals surface area contributed by atoms with Crippen molar-refractivity contribution < 1.29 is 13.7 Å². The molecule has 0 radical (unpaired) electrons. The minimum Gasteiger partial charge on any atom is -0.357 e. The molecule has 1 aliphatic rings. The molecule has 1 aliphatic heterocycles. The quantitative estimate of drug-likeness (QED) is 0.594.